The minimum absolute atomic E-state index is 0.294. The Balaban J connectivity index is 1.53. The highest BCUT2D eigenvalue weighted by molar-refractivity contribution is 5.69. The van der Waals surface area contributed by atoms with Gasteiger partial charge in [-0.1, -0.05) is 24.3 Å². The Morgan fingerprint density at radius 2 is 2.00 bits per heavy atom. The van der Waals surface area contributed by atoms with Crippen LogP contribution in [0.2, 0.25) is 0 Å². The lowest BCUT2D eigenvalue weighted by Gasteiger charge is -2.18. The van der Waals surface area contributed by atoms with Gasteiger partial charge in [0.1, 0.15) is 5.75 Å². The molecule has 2 aliphatic carbocycles. The number of esters is 1. The van der Waals surface area contributed by atoms with E-state index in [0.717, 1.165) is 17.9 Å². The quantitative estimate of drug-likeness (QED) is 0.473. The number of rotatable bonds is 4. The van der Waals surface area contributed by atoms with Crippen LogP contribution in [0.5, 0.6) is 5.75 Å². The summed E-state index contributed by atoms with van der Waals surface area (Å²) in [7, 11) is 0. The van der Waals surface area contributed by atoms with E-state index < -0.39 is 0 Å². The molecular weight excluding hydrogens is 240 g/mol. The Kier molecular flexibility index (Phi) is 3.38. The number of carbonyl (C=O) groups is 1. The van der Waals surface area contributed by atoms with Crippen molar-refractivity contribution in [3.8, 4) is 5.75 Å². The van der Waals surface area contributed by atoms with Crippen molar-refractivity contribution in [3.05, 3.63) is 42.0 Å². The molecule has 3 nitrogen and oxygen atoms in total. The summed E-state index contributed by atoms with van der Waals surface area (Å²) in [4.78, 5) is 10.8. The molecule has 1 saturated carbocycles. The van der Waals surface area contributed by atoms with Gasteiger partial charge in [-0.15, -0.1) is 0 Å². The van der Waals surface area contributed by atoms with Gasteiger partial charge in [-0.05, 0) is 36.5 Å². The number of benzene rings is 1. The van der Waals surface area contributed by atoms with Crippen molar-refractivity contribution in [2.75, 3.05) is 0 Å². The predicted molar refractivity (Wildman–Crippen MR) is 71.7 cm³/mol. The average molecular weight is 258 g/mol. The average Bonchev–Trinajstić information content (AvgIpc) is 2.99. The standard InChI is InChI=1S/C16H18O3/c1-11(17)19-15-6-3-12(4-7-15)10-18-16-9-13-2-5-14(16)8-13/h2-7,13-14,16H,8-10H2,1H3. The lowest BCUT2D eigenvalue weighted by molar-refractivity contribution is -0.131. The van der Waals surface area contributed by atoms with Crippen molar-refractivity contribution >= 4 is 5.97 Å². The number of hydrogen-bond acceptors (Lipinski definition) is 3. The van der Waals surface area contributed by atoms with Crippen LogP contribution in [-0.2, 0) is 16.1 Å². The van der Waals surface area contributed by atoms with E-state index in [0.29, 0.717) is 24.4 Å². The molecule has 1 fully saturated rings. The predicted octanol–water partition coefficient (Wildman–Crippen LogP) is 3.09. The molecule has 3 atom stereocenters. The second-order valence-electron chi connectivity index (χ2n) is 5.37. The van der Waals surface area contributed by atoms with Crippen LogP contribution in [0.15, 0.2) is 36.4 Å². The van der Waals surface area contributed by atoms with Gasteiger partial charge in [-0.3, -0.25) is 4.79 Å². The molecule has 0 spiro atoms. The van der Waals surface area contributed by atoms with E-state index in [-0.39, 0.29) is 5.97 Å². The van der Waals surface area contributed by atoms with Gasteiger partial charge >= 0.3 is 5.97 Å². The zero-order valence-corrected chi connectivity index (χ0v) is 11.0. The number of fused-ring (bicyclic) bond motifs is 2. The van der Waals surface area contributed by atoms with Crippen molar-refractivity contribution < 1.29 is 14.3 Å². The molecule has 3 rings (SSSR count). The molecule has 0 amide bonds. The summed E-state index contributed by atoms with van der Waals surface area (Å²) in [6, 6.07) is 7.50. The van der Waals surface area contributed by atoms with Crippen molar-refractivity contribution in [3.63, 3.8) is 0 Å². The van der Waals surface area contributed by atoms with E-state index in [4.69, 9.17) is 9.47 Å². The van der Waals surface area contributed by atoms with Crippen LogP contribution < -0.4 is 4.74 Å². The molecule has 0 heterocycles. The summed E-state index contributed by atoms with van der Waals surface area (Å²) in [5, 5.41) is 0. The summed E-state index contributed by atoms with van der Waals surface area (Å²) in [6.45, 7) is 2.03. The molecule has 1 aromatic carbocycles. The normalized spacial score (nSPS) is 27.7. The van der Waals surface area contributed by atoms with Crippen molar-refractivity contribution in [1.82, 2.24) is 0 Å². The van der Waals surface area contributed by atoms with E-state index >= 15 is 0 Å². The number of carbonyl (C=O) groups excluding carboxylic acids is 1. The highest BCUT2D eigenvalue weighted by Gasteiger charge is 2.36. The monoisotopic (exact) mass is 258 g/mol. The van der Waals surface area contributed by atoms with Crippen molar-refractivity contribution in [2.45, 2.75) is 32.5 Å². The maximum Gasteiger partial charge on any atom is 0.308 e. The number of hydrogen-bond donors (Lipinski definition) is 0. The Morgan fingerprint density at radius 1 is 1.21 bits per heavy atom. The highest BCUT2D eigenvalue weighted by Crippen LogP contribution is 2.40. The number of allylic oxidation sites excluding steroid dienone is 1. The van der Waals surface area contributed by atoms with Crippen LogP contribution in [0.3, 0.4) is 0 Å². The summed E-state index contributed by atoms with van der Waals surface area (Å²) in [6.07, 6.45) is 7.41. The van der Waals surface area contributed by atoms with E-state index in [1.807, 2.05) is 12.1 Å². The fourth-order valence-corrected chi connectivity index (χ4v) is 2.94. The maximum atomic E-state index is 10.8. The molecule has 0 saturated heterocycles. The van der Waals surface area contributed by atoms with Crippen LogP contribution in [0.1, 0.15) is 25.3 Å². The van der Waals surface area contributed by atoms with Gasteiger partial charge < -0.3 is 9.47 Å². The summed E-state index contributed by atoms with van der Waals surface area (Å²) in [5.74, 6) is 1.64. The molecule has 3 heteroatoms. The molecule has 0 N–H and O–H groups in total. The first-order valence-corrected chi connectivity index (χ1v) is 6.78. The van der Waals surface area contributed by atoms with Crippen LogP contribution in [0.25, 0.3) is 0 Å². The van der Waals surface area contributed by atoms with Crippen molar-refractivity contribution in [1.29, 1.82) is 0 Å². The molecule has 2 aliphatic rings. The molecular formula is C16H18O3. The third-order valence-electron chi connectivity index (χ3n) is 3.87. The van der Waals surface area contributed by atoms with Gasteiger partial charge in [-0.25, -0.2) is 0 Å². The molecule has 2 bridgehead atoms. The highest BCUT2D eigenvalue weighted by atomic mass is 16.5. The largest absolute Gasteiger partial charge is 0.427 e. The molecule has 0 aliphatic heterocycles. The van der Waals surface area contributed by atoms with E-state index in [2.05, 4.69) is 12.2 Å². The first kappa shape index (κ1) is 12.4. The van der Waals surface area contributed by atoms with Gasteiger partial charge in [0.25, 0.3) is 0 Å². The minimum Gasteiger partial charge on any atom is -0.427 e. The van der Waals surface area contributed by atoms with Crippen LogP contribution >= 0.6 is 0 Å². The van der Waals surface area contributed by atoms with Gasteiger partial charge in [0.2, 0.25) is 0 Å². The van der Waals surface area contributed by atoms with Crippen LogP contribution in [0.4, 0.5) is 0 Å². The lowest BCUT2D eigenvalue weighted by Crippen LogP contribution is -2.17. The first-order valence-electron chi connectivity index (χ1n) is 6.78. The zero-order valence-electron chi connectivity index (χ0n) is 11.0. The van der Waals surface area contributed by atoms with E-state index in [9.17, 15) is 4.79 Å². The minimum atomic E-state index is -0.294. The summed E-state index contributed by atoms with van der Waals surface area (Å²) >= 11 is 0. The van der Waals surface area contributed by atoms with E-state index in [1.165, 1.54) is 13.3 Å². The van der Waals surface area contributed by atoms with Gasteiger partial charge in [0.15, 0.2) is 0 Å². The molecule has 0 aromatic heterocycles. The van der Waals surface area contributed by atoms with Gasteiger partial charge in [0, 0.05) is 12.8 Å². The Labute approximate surface area is 113 Å². The maximum absolute atomic E-state index is 10.8. The lowest BCUT2D eigenvalue weighted by atomic mass is 10.0. The SMILES string of the molecule is CC(=O)Oc1ccc(COC2CC3C=CC2C3)cc1. The number of ether oxygens (including phenoxy) is 2. The topological polar surface area (TPSA) is 35.5 Å². The third kappa shape index (κ3) is 2.87. The summed E-state index contributed by atoms with van der Waals surface area (Å²) in [5.41, 5.74) is 1.11. The Hall–Kier alpha value is -1.61. The Morgan fingerprint density at radius 3 is 2.58 bits per heavy atom. The van der Waals surface area contributed by atoms with E-state index in [1.54, 1.807) is 12.1 Å². The second-order valence-corrected chi connectivity index (χ2v) is 5.37. The zero-order chi connectivity index (χ0) is 13.2. The molecule has 100 valence electrons. The molecule has 3 unspecified atom stereocenters. The molecule has 1 aromatic rings. The van der Waals surface area contributed by atoms with Crippen molar-refractivity contribution in [2.24, 2.45) is 11.8 Å². The first-order chi connectivity index (χ1) is 9.20. The smallest absolute Gasteiger partial charge is 0.308 e. The molecule has 19 heavy (non-hydrogen) atoms. The second kappa shape index (κ2) is 5.17. The summed E-state index contributed by atoms with van der Waals surface area (Å²) < 4.78 is 11.0. The third-order valence-corrected chi connectivity index (χ3v) is 3.87. The Bertz CT molecular complexity index is 489. The fraction of sp³-hybridized carbons (Fsp3) is 0.438. The van der Waals surface area contributed by atoms with Gasteiger partial charge in [-0.2, -0.15) is 0 Å². The van der Waals surface area contributed by atoms with Crippen LogP contribution in [0, 0.1) is 11.8 Å². The van der Waals surface area contributed by atoms with Crippen LogP contribution in [-0.4, -0.2) is 12.1 Å². The van der Waals surface area contributed by atoms with Gasteiger partial charge in [0.05, 0.1) is 12.7 Å². The molecule has 0 radical (unpaired) electrons. The fourth-order valence-electron chi connectivity index (χ4n) is 2.94.